The van der Waals surface area contributed by atoms with E-state index in [0.29, 0.717) is 12.4 Å². The quantitative estimate of drug-likeness (QED) is 0.0972. The van der Waals surface area contributed by atoms with E-state index in [1.54, 1.807) is 0 Å². The molecule has 0 aliphatic heterocycles. The van der Waals surface area contributed by atoms with Crippen LogP contribution in [0.3, 0.4) is 0 Å². The molecule has 3 heteroatoms. The Labute approximate surface area is 313 Å². The van der Waals surface area contributed by atoms with Crippen LogP contribution in [0, 0.1) is 0 Å². The molecule has 0 amide bonds. The predicted octanol–water partition coefficient (Wildman–Crippen LogP) is 13.7. The Hall–Kier alpha value is -7.10. The normalized spacial score (nSPS) is 12.0. The van der Waals surface area contributed by atoms with Crippen molar-refractivity contribution in [2.75, 3.05) is 0 Å². The van der Waals surface area contributed by atoms with E-state index in [-0.39, 0.29) is 0 Å². The maximum absolute atomic E-state index is 6.41. The highest BCUT2D eigenvalue weighted by atomic mass is 16.3. The van der Waals surface area contributed by atoms with E-state index >= 15 is 0 Å². The van der Waals surface area contributed by atoms with Crippen LogP contribution >= 0.6 is 0 Å². The third-order valence-electron chi connectivity index (χ3n) is 10.6. The van der Waals surface area contributed by atoms with Gasteiger partial charge in [-0.25, -0.2) is 4.99 Å². The average Bonchev–Trinajstić information content (AvgIpc) is 3.61. The molecule has 0 bridgehead atoms. The zero-order valence-electron chi connectivity index (χ0n) is 29.5. The predicted molar refractivity (Wildman–Crippen MR) is 229 cm³/mol. The third kappa shape index (κ3) is 5.37. The first-order valence-corrected chi connectivity index (χ1v) is 18.3. The molecule has 0 fully saturated rings. The second-order valence-corrected chi connectivity index (χ2v) is 13.8. The molecule has 0 unspecified atom stereocenters. The number of hydrogen-bond donors (Lipinski definition) is 0. The van der Waals surface area contributed by atoms with Crippen molar-refractivity contribution in [2.24, 2.45) is 9.98 Å². The molecule has 0 N–H and O–H groups in total. The number of rotatable bonds is 6. The Bertz CT molecular complexity index is 3060. The van der Waals surface area contributed by atoms with Crippen LogP contribution in [-0.2, 0) is 6.54 Å². The Morgan fingerprint density at radius 2 is 0.907 bits per heavy atom. The summed E-state index contributed by atoms with van der Waals surface area (Å²) in [5.41, 5.74) is 10.7. The summed E-state index contributed by atoms with van der Waals surface area (Å²) in [7, 11) is 0. The van der Waals surface area contributed by atoms with Gasteiger partial charge in [-0.05, 0) is 108 Å². The standard InChI is InChI=1S/C51H34N2O/c1-52-51(53-32-33-13-3-2-4-14-33)36-24-27-46-48-30-35(25-28-49(48)54-50(46)31-36)38-16-6-8-18-40(38)39-17-7-5-15-37(39)34-23-26-45-43-21-10-9-19-41(43)42-20-11-12-22-44(42)47(45)29-34/h2-31H,1,32H2. The SMILES string of the molecule is C=NC(=NCc1ccccc1)c1ccc2c(c1)oc1ccc(-c3ccccc3-c3ccccc3-c3ccc4c5ccccc5c5ccccc5c4c3)cc12. The fourth-order valence-electron chi connectivity index (χ4n) is 8.08. The molecule has 3 nitrogen and oxygen atoms in total. The maximum atomic E-state index is 6.41. The van der Waals surface area contributed by atoms with Gasteiger partial charge in [0.2, 0.25) is 0 Å². The van der Waals surface area contributed by atoms with Crippen LogP contribution in [0.25, 0.3) is 87.6 Å². The Kier molecular flexibility index (Phi) is 7.70. The number of fused-ring (bicyclic) bond motifs is 9. The van der Waals surface area contributed by atoms with Crippen LogP contribution in [0.2, 0.25) is 0 Å². The molecule has 0 radical (unpaired) electrons. The van der Waals surface area contributed by atoms with Crippen molar-refractivity contribution < 1.29 is 4.42 Å². The summed E-state index contributed by atoms with van der Waals surface area (Å²) in [5.74, 6) is 0.599. The molecule has 1 aromatic heterocycles. The lowest BCUT2D eigenvalue weighted by Crippen LogP contribution is -1.97. The fourth-order valence-corrected chi connectivity index (χ4v) is 8.08. The minimum absolute atomic E-state index is 0.536. The molecule has 0 aliphatic rings. The van der Waals surface area contributed by atoms with Crippen molar-refractivity contribution in [1.82, 2.24) is 0 Å². The Morgan fingerprint density at radius 3 is 1.54 bits per heavy atom. The van der Waals surface area contributed by atoms with Gasteiger partial charge in [-0.15, -0.1) is 0 Å². The summed E-state index contributed by atoms with van der Waals surface area (Å²) in [6.45, 7) is 4.34. The van der Waals surface area contributed by atoms with Gasteiger partial charge in [0.25, 0.3) is 0 Å². The van der Waals surface area contributed by atoms with E-state index in [2.05, 4.69) is 169 Å². The largest absolute Gasteiger partial charge is 0.456 e. The van der Waals surface area contributed by atoms with Gasteiger partial charge in [0.15, 0.2) is 5.84 Å². The van der Waals surface area contributed by atoms with Crippen molar-refractivity contribution >= 4 is 66.8 Å². The van der Waals surface area contributed by atoms with Crippen LogP contribution < -0.4 is 0 Å². The molecular formula is C51H34N2O. The van der Waals surface area contributed by atoms with E-state index in [4.69, 9.17) is 9.41 Å². The zero-order chi connectivity index (χ0) is 36.0. The van der Waals surface area contributed by atoms with Crippen molar-refractivity contribution in [3.8, 4) is 33.4 Å². The Morgan fingerprint density at radius 1 is 0.407 bits per heavy atom. The van der Waals surface area contributed by atoms with Gasteiger partial charge >= 0.3 is 0 Å². The average molecular weight is 691 g/mol. The number of hydrogen-bond acceptors (Lipinski definition) is 2. The van der Waals surface area contributed by atoms with E-state index in [0.717, 1.165) is 38.6 Å². The first-order chi connectivity index (χ1) is 26.7. The summed E-state index contributed by atoms with van der Waals surface area (Å²) < 4.78 is 6.41. The highest BCUT2D eigenvalue weighted by molar-refractivity contribution is 6.26. The second-order valence-electron chi connectivity index (χ2n) is 13.8. The summed E-state index contributed by atoms with van der Waals surface area (Å²) in [4.78, 5) is 9.00. The van der Waals surface area contributed by atoms with Crippen LogP contribution in [-0.4, -0.2) is 12.6 Å². The summed E-state index contributed by atoms with van der Waals surface area (Å²) in [5, 5.41) is 9.79. The first kappa shape index (κ1) is 31.6. The lowest BCUT2D eigenvalue weighted by atomic mass is 9.87. The van der Waals surface area contributed by atoms with E-state index in [1.807, 2.05) is 24.3 Å². The van der Waals surface area contributed by atoms with Gasteiger partial charge in [0.1, 0.15) is 11.2 Å². The minimum Gasteiger partial charge on any atom is -0.456 e. The lowest BCUT2D eigenvalue weighted by molar-refractivity contribution is 0.669. The molecule has 54 heavy (non-hydrogen) atoms. The molecule has 0 spiro atoms. The first-order valence-electron chi connectivity index (χ1n) is 18.3. The van der Waals surface area contributed by atoms with Gasteiger partial charge in [0, 0.05) is 16.3 Å². The van der Waals surface area contributed by atoms with Crippen LogP contribution in [0.5, 0.6) is 0 Å². The molecule has 9 aromatic carbocycles. The Balaban J connectivity index is 1.06. The van der Waals surface area contributed by atoms with Gasteiger partial charge < -0.3 is 4.42 Å². The van der Waals surface area contributed by atoms with Crippen molar-refractivity contribution in [3.05, 3.63) is 193 Å². The van der Waals surface area contributed by atoms with Crippen molar-refractivity contribution in [2.45, 2.75) is 6.54 Å². The zero-order valence-corrected chi connectivity index (χ0v) is 29.5. The molecular weight excluding hydrogens is 657 g/mol. The molecule has 10 aromatic rings. The van der Waals surface area contributed by atoms with E-state index in [9.17, 15) is 0 Å². The van der Waals surface area contributed by atoms with E-state index in [1.165, 1.54) is 60.1 Å². The number of aliphatic imine (C=N–C) groups is 2. The third-order valence-corrected chi connectivity index (χ3v) is 10.6. The number of benzene rings is 9. The highest BCUT2D eigenvalue weighted by Crippen LogP contribution is 2.42. The van der Waals surface area contributed by atoms with Gasteiger partial charge in [-0.1, -0.05) is 152 Å². The second kappa shape index (κ2) is 13.1. The molecule has 0 aliphatic carbocycles. The summed E-state index contributed by atoms with van der Waals surface area (Å²) >= 11 is 0. The lowest BCUT2D eigenvalue weighted by Gasteiger charge is -2.16. The van der Waals surface area contributed by atoms with Crippen LogP contribution in [0.15, 0.2) is 196 Å². The number of nitrogens with zero attached hydrogens (tertiary/aromatic N) is 2. The molecule has 254 valence electrons. The smallest absolute Gasteiger partial charge is 0.154 e. The number of amidine groups is 1. The molecule has 0 saturated heterocycles. The van der Waals surface area contributed by atoms with Gasteiger partial charge in [-0.2, -0.15) is 0 Å². The summed E-state index contributed by atoms with van der Waals surface area (Å²) in [6, 6.07) is 64.8. The molecule has 10 rings (SSSR count). The maximum Gasteiger partial charge on any atom is 0.154 e. The van der Waals surface area contributed by atoms with Crippen molar-refractivity contribution in [3.63, 3.8) is 0 Å². The van der Waals surface area contributed by atoms with Gasteiger partial charge in [-0.3, -0.25) is 4.99 Å². The van der Waals surface area contributed by atoms with E-state index < -0.39 is 0 Å². The molecule has 0 atom stereocenters. The highest BCUT2D eigenvalue weighted by Gasteiger charge is 2.16. The van der Waals surface area contributed by atoms with Crippen LogP contribution in [0.4, 0.5) is 0 Å². The molecule has 0 saturated carbocycles. The summed E-state index contributed by atoms with van der Waals surface area (Å²) in [6.07, 6.45) is 0. The fraction of sp³-hybridized carbons (Fsp3) is 0.0196. The minimum atomic E-state index is 0.536. The molecule has 1 heterocycles. The van der Waals surface area contributed by atoms with Crippen LogP contribution in [0.1, 0.15) is 11.1 Å². The topological polar surface area (TPSA) is 37.9 Å². The number of furan rings is 1. The van der Waals surface area contributed by atoms with Gasteiger partial charge in [0.05, 0.1) is 6.54 Å². The van der Waals surface area contributed by atoms with Crippen molar-refractivity contribution in [1.29, 1.82) is 0 Å². The monoisotopic (exact) mass is 690 g/mol.